The summed E-state index contributed by atoms with van der Waals surface area (Å²) in [6.07, 6.45) is 2.04. The minimum absolute atomic E-state index is 0. The first-order valence-electron chi connectivity index (χ1n) is 4.59. The summed E-state index contributed by atoms with van der Waals surface area (Å²) in [6, 6.07) is 8.06. The third-order valence-corrected chi connectivity index (χ3v) is 1.52. The monoisotopic (exact) mass is 234 g/mol. The Hall–Kier alpha value is 0.286. The molecule has 4 heteroatoms. The molecule has 0 radical (unpaired) electrons. The number of carbonyl (C=O) groups excluding carboxylic acids is 1. The maximum absolute atomic E-state index is 10.1. The van der Waals surface area contributed by atoms with Crippen molar-refractivity contribution in [2.75, 3.05) is 6.61 Å². The molecule has 1 aromatic carbocycles. The standard InChI is InChI=1S/C7H6O2.C4H10O.K/c8-7(9)6-4-2-1-3-5-6;1-2-3-4-5;/h1-5H,(H,8,9);5H,2-4H2,1H3;/q;;+1/p-1. The van der Waals surface area contributed by atoms with E-state index in [9.17, 15) is 9.90 Å². The molecule has 0 aliphatic rings. The van der Waals surface area contributed by atoms with Crippen molar-refractivity contribution >= 4 is 5.97 Å². The zero-order valence-electron chi connectivity index (χ0n) is 9.27. The van der Waals surface area contributed by atoms with Gasteiger partial charge >= 0.3 is 51.4 Å². The molecule has 0 bridgehead atoms. The number of carboxylic acid groups (broad SMARTS) is 1. The molecule has 0 aromatic heterocycles. The molecule has 0 unspecified atom stereocenters. The zero-order valence-corrected chi connectivity index (χ0v) is 12.4. The normalized spacial score (nSPS) is 8.13. The summed E-state index contributed by atoms with van der Waals surface area (Å²) >= 11 is 0. The second-order valence-electron chi connectivity index (χ2n) is 2.73. The van der Waals surface area contributed by atoms with Gasteiger partial charge in [0.1, 0.15) is 0 Å². The number of hydrogen-bond acceptors (Lipinski definition) is 3. The first-order valence-corrected chi connectivity index (χ1v) is 4.59. The van der Waals surface area contributed by atoms with Crippen LogP contribution in [0.15, 0.2) is 30.3 Å². The smallest absolute Gasteiger partial charge is 0.545 e. The quantitative estimate of drug-likeness (QED) is 0.606. The molecule has 78 valence electrons. The number of benzene rings is 1. The van der Waals surface area contributed by atoms with Crippen molar-refractivity contribution in [2.45, 2.75) is 19.8 Å². The summed E-state index contributed by atoms with van der Waals surface area (Å²) in [6.45, 7) is 2.40. The van der Waals surface area contributed by atoms with Gasteiger partial charge in [0, 0.05) is 6.61 Å². The van der Waals surface area contributed by atoms with Gasteiger partial charge in [-0.05, 0) is 12.0 Å². The summed E-state index contributed by atoms with van der Waals surface area (Å²) in [7, 11) is 0. The molecule has 0 atom stereocenters. The van der Waals surface area contributed by atoms with Crippen LogP contribution >= 0.6 is 0 Å². The molecule has 0 amide bonds. The van der Waals surface area contributed by atoms with E-state index >= 15 is 0 Å². The van der Waals surface area contributed by atoms with Crippen molar-refractivity contribution in [1.82, 2.24) is 0 Å². The number of aliphatic hydroxyl groups excluding tert-OH is 1. The maximum Gasteiger partial charge on any atom is 1.00 e. The molecule has 3 nitrogen and oxygen atoms in total. The van der Waals surface area contributed by atoms with E-state index in [1.807, 2.05) is 0 Å². The summed E-state index contributed by atoms with van der Waals surface area (Å²) in [5.41, 5.74) is 0.220. The van der Waals surface area contributed by atoms with Crippen molar-refractivity contribution in [1.29, 1.82) is 0 Å². The predicted octanol–water partition coefficient (Wildman–Crippen LogP) is -2.17. The number of aromatic carboxylic acids is 1. The molecule has 1 N–H and O–H groups in total. The van der Waals surface area contributed by atoms with E-state index in [0.717, 1.165) is 12.8 Å². The average Bonchev–Trinajstić information content (AvgIpc) is 2.21. The van der Waals surface area contributed by atoms with Gasteiger partial charge in [0.15, 0.2) is 0 Å². The maximum atomic E-state index is 10.1. The second-order valence-corrected chi connectivity index (χ2v) is 2.73. The molecular weight excluding hydrogens is 219 g/mol. The summed E-state index contributed by atoms with van der Waals surface area (Å²) in [5.74, 6) is -1.13. The Balaban J connectivity index is 0. The molecule has 1 aromatic rings. The van der Waals surface area contributed by atoms with Crippen LogP contribution in [0.5, 0.6) is 0 Å². The number of unbranched alkanes of at least 4 members (excludes halogenated alkanes) is 1. The third-order valence-electron chi connectivity index (χ3n) is 1.52. The topological polar surface area (TPSA) is 60.4 Å². The number of carboxylic acids is 1. The van der Waals surface area contributed by atoms with Gasteiger partial charge in [-0.25, -0.2) is 0 Å². The molecule has 0 heterocycles. The van der Waals surface area contributed by atoms with E-state index in [-0.39, 0.29) is 56.9 Å². The average molecular weight is 234 g/mol. The van der Waals surface area contributed by atoms with E-state index < -0.39 is 5.97 Å². The van der Waals surface area contributed by atoms with Crippen LogP contribution in [0.1, 0.15) is 30.1 Å². The molecule has 0 saturated heterocycles. The Bertz CT molecular complexity index is 247. The van der Waals surface area contributed by atoms with Crippen molar-refractivity contribution in [3.8, 4) is 0 Å². The van der Waals surface area contributed by atoms with Crippen LogP contribution < -0.4 is 56.5 Å². The van der Waals surface area contributed by atoms with Gasteiger partial charge in [-0.1, -0.05) is 43.7 Å². The van der Waals surface area contributed by atoms with Crippen LogP contribution in [0, 0.1) is 0 Å². The van der Waals surface area contributed by atoms with E-state index in [1.54, 1.807) is 18.2 Å². The Labute approximate surface area is 133 Å². The number of carbonyl (C=O) groups is 1. The SMILES string of the molecule is CCCCO.O=C([O-])c1ccccc1.[K+]. The van der Waals surface area contributed by atoms with Gasteiger partial charge in [-0.15, -0.1) is 0 Å². The second kappa shape index (κ2) is 12.4. The Morgan fingerprint density at radius 3 is 2.07 bits per heavy atom. The van der Waals surface area contributed by atoms with Crippen LogP contribution in [0.3, 0.4) is 0 Å². The Morgan fingerprint density at radius 1 is 1.33 bits per heavy atom. The number of aliphatic hydroxyl groups is 1. The summed E-state index contributed by atoms with van der Waals surface area (Å²) < 4.78 is 0. The van der Waals surface area contributed by atoms with Gasteiger partial charge < -0.3 is 15.0 Å². The van der Waals surface area contributed by atoms with Crippen LogP contribution in [-0.2, 0) is 0 Å². The van der Waals surface area contributed by atoms with E-state index in [1.165, 1.54) is 12.1 Å². The fourth-order valence-corrected chi connectivity index (χ4v) is 0.732. The van der Waals surface area contributed by atoms with Gasteiger partial charge in [0.25, 0.3) is 0 Å². The van der Waals surface area contributed by atoms with Gasteiger partial charge in [-0.2, -0.15) is 0 Å². The molecule has 0 aliphatic carbocycles. The first-order chi connectivity index (χ1) is 6.72. The third kappa shape index (κ3) is 10.6. The molecule has 15 heavy (non-hydrogen) atoms. The molecule has 0 fully saturated rings. The fourth-order valence-electron chi connectivity index (χ4n) is 0.732. The molecule has 0 spiro atoms. The van der Waals surface area contributed by atoms with E-state index in [4.69, 9.17) is 5.11 Å². The van der Waals surface area contributed by atoms with Crippen LogP contribution in [0.25, 0.3) is 0 Å². The van der Waals surface area contributed by atoms with Crippen molar-refractivity contribution in [3.63, 3.8) is 0 Å². The van der Waals surface area contributed by atoms with Gasteiger partial charge in [0.05, 0.1) is 5.97 Å². The molecule has 0 aliphatic heterocycles. The Morgan fingerprint density at radius 2 is 1.87 bits per heavy atom. The van der Waals surface area contributed by atoms with Crippen LogP contribution in [0.2, 0.25) is 0 Å². The predicted molar refractivity (Wildman–Crippen MR) is 52.8 cm³/mol. The van der Waals surface area contributed by atoms with Gasteiger partial charge in [0.2, 0.25) is 0 Å². The fraction of sp³-hybridized carbons (Fsp3) is 0.364. The van der Waals surface area contributed by atoms with Crippen molar-refractivity contribution in [3.05, 3.63) is 35.9 Å². The first kappa shape index (κ1) is 17.7. The van der Waals surface area contributed by atoms with Crippen LogP contribution in [-0.4, -0.2) is 17.7 Å². The number of hydrogen-bond donors (Lipinski definition) is 1. The summed E-state index contributed by atoms with van der Waals surface area (Å²) in [4.78, 5) is 10.1. The van der Waals surface area contributed by atoms with E-state index in [0.29, 0.717) is 6.61 Å². The Kier molecular flexibility index (Phi) is 14.6. The minimum Gasteiger partial charge on any atom is -0.545 e. The van der Waals surface area contributed by atoms with Crippen molar-refractivity contribution in [2.24, 2.45) is 0 Å². The molecule has 0 saturated carbocycles. The number of rotatable bonds is 3. The van der Waals surface area contributed by atoms with Crippen LogP contribution in [0.4, 0.5) is 0 Å². The zero-order chi connectivity index (χ0) is 10.8. The molecule has 1 rings (SSSR count). The van der Waals surface area contributed by atoms with E-state index in [2.05, 4.69) is 6.92 Å². The van der Waals surface area contributed by atoms with Gasteiger partial charge in [-0.3, -0.25) is 0 Å². The minimum atomic E-state index is -1.13. The van der Waals surface area contributed by atoms with Crippen molar-refractivity contribution < 1.29 is 66.4 Å². The summed E-state index contributed by atoms with van der Waals surface area (Å²) in [5, 5.41) is 18.2. The molecular formula is C11H15KO3. The largest absolute Gasteiger partial charge is 1.00 e.